The van der Waals surface area contributed by atoms with Crippen LogP contribution in [0.4, 0.5) is 0 Å². The number of benzene rings is 1. The summed E-state index contributed by atoms with van der Waals surface area (Å²) in [5, 5.41) is 26.6. The summed E-state index contributed by atoms with van der Waals surface area (Å²) in [6.45, 7) is 4.15. The third kappa shape index (κ3) is 6.52. The molecule has 1 aromatic carbocycles. The van der Waals surface area contributed by atoms with Gasteiger partial charge in [-0.1, -0.05) is 26.2 Å². The summed E-state index contributed by atoms with van der Waals surface area (Å²) in [5.41, 5.74) is 0.313. The molecule has 6 heteroatoms. The Morgan fingerprint density at radius 2 is 2.05 bits per heavy atom. The largest absolute Gasteiger partial charge is 0.707 e. The van der Waals surface area contributed by atoms with Crippen molar-refractivity contribution in [3.8, 4) is 17.6 Å². The van der Waals surface area contributed by atoms with Gasteiger partial charge in [0.2, 0.25) is 0 Å². The summed E-state index contributed by atoms with van der Waals surface area (Å²) in [6, 6.07) is 6.60. The summed E-state index contributed by atoms with van der Waals surface area (Å²) in [4.78, 5) is 0. The van der Waals surface area contributed by atoms with Gasteiger partial charge < -0.3 is 19.4 Å². The van der Waals surface area contributed by atoms with Gasteiger partial charge in [0.05, 0.1) is 11.7 Å². The maximum atomic E-state index is 9.13. The molecule has 0 fully saturated rings. The van der Waals surface area contributed by atoms with Gasteiger partial charge in [-0.05, 0) is 38.0 Å². The number of rotatable bonds is 9. The highest BCUT2D eigenvalue weighted by atomic mass is 16.6. The Hall–Kier alpha value is -1.71. The van der Waals surface area contributed by atoms with Gasteiger partial charge in [-0.15, -0.1) is 0 Å². The lowest BCUT2D eigenvalue weighted by molar-refractivity contribution is 0.205. The summed E-state index contributed by atoms with van der Waals surface area (Å²) >= 11 is 0. The monoisotopic (exact) mass is 291 g/mol. The summed E-state index contributed by atoms with van der Waals surface area (Å²) in [7, 11) is -1.90. The van der Waals surface area contributed by atoms with Gasteiger partial charge >= 0.3 is 7.32 Å². The smallest absolute Gasteiger partial charge is 0.512 e. The zero-order chi connectivity index (χ0) is 15.7. The predicted molar refractivity (Wildman–Crippen MR) is 80.8 cm³/mol. The highest BCUT2D eigenvalue weighted by molar-refractivity contribution is 6.33. The average molecular weight is 291 g/mol. The third-order valence-corrected chi connectivity index (χ3v) is 3.11. The van der Waals surface area contributed by atoms with Crippen LogP contribution in [0.3, 0.4) is 0 Å². The van der Waals surface area contributed by atoms with Crippen LogP contribution in [0.1, 0.15) is 51.5 Å². The number of unbranched alkanes of at least 4 members (excludes halogenated alkanes) is 3. The predicted octanol–water partition coefficient (Wildman–Crippen LogP) is 2.64. The van der Waals surface area contributed by atoms with E-state index in [0.29, 0.717) is 11.3 Å². The minimum atomic E-state index is -1.90. The first-order chi connectivity index (χ1) is 10.1. The van der Waals surface area contributed by atoms with Gasteiger partial charge in [-0.2, -0.15) is 5.26 Å². The third-order valence-electron chi connectivity index (χ3n) is 3.11. The van der Waals surface area contributed by atoms with Crippen LogP contribution >= 0.6 is 0 Å². The van der Waals surface area contributed by atoms with Crippen molar-refractivity contribution in [1.29, 1.82) is 5.26 Å². The molecule has 114 valence electrons. The molecule has 0 aliphatic heterocycles. The second-order valence-electron chi connectivity index (χ2n) is 4.99. The molecule has 21 heavy (non-hydrogen) atoms. The molecule has 5 nitrogen and oxygen atoms in total. The van der Waals surface area contributed by atoms with Gasteiger partial charge in [0.1, 0.15) is 17.6 Å². The van der Waals surface area contributed by atoms with E-state index in [1.54, 1.807) is 12.1 Å². The van der Waals surface area contributed by atoms with Crippen molar-refractivity contribution >= 4 is 7.32 Å². The minimum Gasteiger partial charge on any atom is -0.512 e. The van der Waals surface area contributed by atoms with Gasteiger partial charge in [-0.3, -0.25) is 0 Å². The van der Waals surface area contributed by atoms with Crippen LogP contribution in [0, 0.1) is 11.3 Å². The number of nitriles is 1. The highest BCUT2D eigenvalue weighted by Crippen LogP contribution is 2.25. The summed E-state index contributed by atoms with van der Waals surface area (Å²) < 4.78 is 10.5. The maximum Gasteiger partial charge on any atom is 0.707 e. The van der Waals surface area contributed by atoms with Crippen LogP contribution in [0.5, 0.6) is 11.5 Å². The summed E-state index contributed by atoms with van der Waals surface area (Å²) in [6.07, 6.45) is 5.70. The quantitative estimate of drug-likeness (QED) is 0.540. The number of hydrogen-bond donors (Lipinski definition) is 2. The van der Waals surface area contributed by atoms with Crippen molar-refractivity contribution < 1.29 is 19.4 Å². The van der Waals surface area contributed by atoms with E-state index < -0.39 is 7.32 Å². The first kappa shape index (κ1) is 17.3. The second-order valence-corrected chi connectivity index (χ2v) is 4.99. The van der Waals surface area contributed by atoms with Crippen molar-refractivity contribution in [2.24, 2.45) is 0 Å². The Kier molecular flexibility index (Phi) is 7.66. The molecule has 1 atom stereocenters. The van der Waals surface area contributed by atoms with E-state index in [1.807, 2.05) is 13.0 Å². The zero-order valence-electron chi connectivity index (χ0n) is 12.6. The van der Waals surface area contributed by atoms with E-state index in [2.05, 4.69) is 6.92 Å². The molecule has 0 unspecified atom stereocenters. The fourth-order valence-corrected chi connectivity index (χ4v) is 2.03. The standard InChI is InChI=1S/C15H22BNO4/c1-3-4-5-6-7-12(2)20-15-9-8-14(21-16(18)19)10-13(15)11-17/h8-10,12,18-19H,3-7H2,1-2H3/t12-/m1/s1. The molecule has 0 heterocycles. The lowest BCUT2D eigenvalue weighted by atomic mass is 10.1. The van der Waals surface area contributed by atoms with Crippen LogP contribution in [0.25, 0.3) is 0 Å². The molecule has 0 saturated heterocycles. The fraction of sp³-hybridized carbons (Fsp3) is 0.533. The minimum absolute atomic E-state index is 0.0316. The van der Waals surface area contributed by atoms with E-state index >= 15 is 0 Å². The lowest BCUT2D eigenvalue weighted by Gasteiger charge is -2.16. The molecule has 0 amide bonds. The number of nitrogens with zero attached hydrogens (tertiary/aromatic N) is 1. The molecule has 0 aliphatic rings. The van der Waals surface area contributed by atoms with E-state index in [4.69, 9.17) is 24.7 Å². The second kappa shape index (κ2) is 9.27. The van der Waals surface area contributed by atoms with E-state index in [1.165, 1.54) is 25.3 Å². The Balaban J connectivity index is 2.60. The molecule has 0 aliphatic carbocycles. The topological polar surface area (TPSA) is 82.7 Å². The van der Waals surface area contributed by atoms with E-state index in [-0.39, 0.29) is 11.9 Å². The Labute approximate surface area is 126 Å². The average Bonchev–Trinajstić information content (AvgIpc) is 2.44. The van der Waals surface area contributed by atoms with Crippen LogP contribution in [0.15, 0.2) is 18.2 Å². The van der Waals surface area contributed by atoms with Crippen LogP contribution in [-0.4, -0.2) is 23.5 Å². The van der Waals surface area contributed by atoms with Gasteiger partial charge in [0, 0.05) is 0 Å². The summed E-state index contributed by atoms with van der Waals surface area (Å²) in [5.74, 6) is 0.699. The van der Waals surface area contributed by atoms with Gasteiger partial charge in [0.25, 0.3) is 0 Å². The van der Waals surface area contributed by atoms with E-state index in [9.17, 15) is 0 Å². The molecule has 0 radical (unpaired) electrons. The highest BCUT2D eigenvalue weighted by Gasteiger charge is 2.14. The molecule has 1 aromatic rings. The fourth-order valence-electron chi connectivity index (χ4n) is 2.03. The van der Waals surface area contributed by atoms with Gasteiger partial charge in [0.15, 0.2) is 0 Å². The van der Waals surface area contributed by atoms with Crippen molar-refractivity contribution in [2.45, 2.75) is 52.1 Å². The van der Waals surface area contributed by atoms with E-state index in [0.717, 1.165) is 12.8 Å². The normalized spacial score (nSPS) is 11.6. The SMILES string of the molecule is CCCCCC[C@@H](C)Oc1ccc(OB(O)O)cc1C#N. The zero-order valence-corrected chi connectivity index (χ0v) is 12.6. The van der Waals surface area contributed by atoms with Crippen molar-refractivity contribution in [1.82, 2.24) is 0 Å². The number of ether oxygens (including phenoxy) is 1. The van der Waals surface area contributed by atoms with Crippen LogP contribution in [0.2, 0.25) is 0 Å². The first-order valence-corrected chi connectivity index (χ1v) is 7.30. The van der Waals surface area contributed by atoms with Crippen molar-refractivity contribution in [2.75, 3.05) is 0 Å². The van der Waals surface area contributed by atoms with Crippen LogP contribution in [-0.2, 0) is 0 Å². The number of hydrogen-bond acceptors (Lipinski definition) is 5. The maximum absolute atomic E-state index is 9.13. The Morgan fingerprint density at radius 3 is 2.67 bits per heavy atom. The van der Waals surface area contributed by atoms with Crippen molar-refractivity contribution in [3.63, 3.8) is 0 Å². The molecular weight excluding hydrogens is 269 g/mol. The molecule has 0 bridgehead atoms. The Bertz CT molecular complexity index is 473. The molecular formula is C15H22BNO4. The molecule has 0 spiro atoms. The molecule has 0 saturated carbocycles. The Morgan fingerprint density at radius 1 is 1.29 bits per heavy atom. The lowest BCUT2D eigenvalue weighted by Crippen LogP contribution is -2.20. The molecule has 0 aromatic heterocycles. The van der Waals surface area contributed by atoms with Gasteiger partial charge in [-0.25, -0.2) is 0 Å². The van der Waals surface area contributed by atoms with Crippen LogP contribution < -0.4 is 9.39 Å². The first-order valence-electron chi connectivity index (χ1n) is 7.30. The van der Waals surface area contributed by atoms with Crippen molar-refractivity contribution in [3.05, 3.63) is 23.8 Å². The molecule has 2 N–H and O–H groups in total. The molecule has 1 rings (SSSR count).